The highest BCUT2D eigenvalue weighted by atomic mass is 16.5. The Kier molecular flexibility index (Phi) is 5.59. The standard InChI is InChI=1S/C15H23NO4/c17-14(18)6-9-16(13-7-10-20-11-8-13)15(19)12-4-2-1-3-5-12/h1-2,12-13H,3-11H2,(H,17,18). The molecule has 0 aromatic heterocycles. The second kappa shape index (κ2) is 7.43. The predicted molar refractivity (Wildman–Crippen MR) is 74.3 cm³/mol. The van der Waals surface area contributed by atoms with Crippen LogP contribution in [0.5, 0.6) is 0 Å². The van der Waals surface area contributed by atoms with Crippen LogP contribution in [0.4, 0.5) is 0 Å². The van der Waals surface area contributed by atoms with Crippen LogP contribution in [0.1, 0.15) is 38.5 Å². The van der Waals surface area contributed by atoms with Crippen LogP contribution in [0.3, 0.4) is 0 Å². The zero-order valence-electron chi connectivity index (χ0n) is 11.8. The SMILES string of the molecule is O=C(O)CCN(C(=O)C1CC=CCC1)C1CCOCC1. The first-order valence-electron chi connectivity index (χ1n) is 7.43. The lowest BCUT2D eigenvalue weighted by Crippen LogP contribution is -2.47. The fraction of sp³-hybridized carbons (Fsp3) is 0.733. The van der Waals surface area contributed by atoms with Crippen molar-refractivity contribution in [2.45, 2.75) is 44.6 Å². The molecule has 1 fully saturated rings. The minimum atomic E-state index is -0.849. The third-order valence-electron chi connectivity index (χ3n) is 4.10. The van der Waals surface area contributed by atoms with Gasteiger partial charge in [-0.1, -0.05) is 12.2 Å². The molecule has 0 spiro atoms. The Labute approximate surface area is 119 Å². The third-order valence-corrected chi connectivity index (χ3v) is 4.10. The summed E-state index contributed by atoms with van der Waals surface area (Å²) in [5, 5.41) is 8.88. The minimum absolute atomic E-state index is 0.0195. The number of ether oxygens (including phenoxy) is 1. The second-order valence-corrected chi connectivity index (χ2v) is 5.50. The predicted octanol–water partition coefficient (Wildman–Crippen LogP) is 1.83. The molecule has 1 saturated heterocycles. The number of allylic oxidation sites excluding steroid dienone is 2. The molecule has 0 saturated carbocycles. The molecule has 1 aliphatic carbocycles. The van der Waals surface area contributed by atoms with Crippen LogP contribution in [0.15, 0.2) is 12.2 Å². The van der Waals surface area contributed by atoms with Gasteiger partial charge in [0.1, 0.15) is 0 Å². The van der Waals surface area contributed by atoms with Crippen molar-refractivity contribution in [3.63, 3.8) is 0 Å². The van der Waals surface area contributed by atoms with E-state index in [0.717, 1.165) is 32.1 Å². The lowest BCUT2D eigenvalue weighted by molar-refractivity contribution is -0.142. The minimum Gasteiger partial charge on any atom is -0.481 e. The topological polar surface area (TPSA) is 66.8 Å². The summed E-state index contributed by atoms with van der Waals surface area (Å²) in [5.74, 6) is -0.697. The van der Waals surface area contributed by atoms with Crippen molar-refractivity contribution in [1.82, 2.24) is 4.90 Å². The van der Waals surface area contributed by atoms with Crippen molar-refractivity contribution in [1.29, 1.82) is 0 Å². The van der Waals surface area contributed by atoms with Gasteiger partial charge < -0.3 is 14.7 Å². The van der Waals surface area contributed by atoms with Crippen molar-refractivity contribution in [3.8, 4) is 0 Å². The maximum Gasteiger partial charge on any atom is 0.305 e. The molecule has 1 amide bonds. The molecule has 2 aliphatic rings. The highest BCUT2D eigenvalue weighted by Crippen LogP contribution is 2.24. The smallest absolute Gasteiger partial charge is 0.305 e. The number of aliphatic carboxylic acids is 1. The zero-order valence-corrected chi connectivity index (χ0v) is 11.8. The van der Waals surface area contributed by atoms with Crippen LogP contribution >= 0.6 is 0 Å². The number of carbonyl (C=O) groups excluding carboxylic acids is 1. The van der Waals surface area contributed by atoms with E-state index in [4.69, 9.17) is 9.84 Å². The highest BCUT2D eigenvalue weighted by Gasteiger charge is 2.30. The molecular weight excluding hydrogens is 258 g/mol. The molecular formula is C15H23NO4. The van der Waals surface area contributed by atoms with Gasteiger partial charge in [0.25, 0.3) is 0 Å². The second-order valence-electron chi connectivity index (χ2n) is 5.50. The Morgan fingerprint density at radius 3 is 2.55 bits per heavy atom. The molecule has 1 heterocycles. The lowest BCUT2D eigenvalue weighted by atomic mass is 9.92. The van der Waals surface area contributed by atoms with Crippen molar-refractivity contribution in [3.05, 3.63) is 12.2 Å². The quantitative estimate of drug-likeness (QED) is 0.781. The average molecular weight is 281 g/mol. The summed E-state index contributed by atoms with van der Waals surface area (Å²) in [6.45, 7) is 1.64. The molecule has 5 heteroatoms. The van der Waals surface area contributed by atoms with Crippen molar-refractivity contribution < 1.29 is 19.4 Å². The van der Waals surface area contributed by atoms with Gasteiger partial charge in [-0.3, -0.25) is 9.59 Å². The molecule has 0 radical (unpaired) electrons. The van der Waals surface area contributed by atoms with Crippen LogP contribution < -0.4 is 0 Å². The molecule has 112 valence electrons. The number of amides is 1. The van der Waals surface area contributed by atoms with Crippen LogP contribution in [-0.4, -0.2) is 47.7 Å². The number of hydrogen-bond donors (Lipinski definition) is 1. The largest absolute Gasteiger partial charge is 0.481 e. The number of carbonyl (C=O) groups is 2. The zero-order chi connectivity index (χ0) is 14.4. The first-order chi connectivity index (χ1) is 9.68. The monoisotopic (exact) mass is 281 g/mol. The molecule has 0 aromatic rings. The van der Waals surface area contributed by atoms with Gasteiger partial charge in [0, 0.05) is 31.7 Å². The van der Waals surface area contributed by atoms with E-state index in [1.807, 2.05) is 0 Å². The Morgan fingerprint density at radius 1 is 1.20 bits per heavy atom. The summed E-state index contributed by atoms with van der Waals surface area (Å²) < 4.78 is 5.34. The van der Waals surface area contributed by atoms with E-state index in [2.05, 4.69) is 12.2 Å². The molecule has 0 bridgehead atoms. The van der Waals surface area contributed by atoms with E-state index in [1.54, 1.807) is 4.90 Å². The van der Waals surface area contributed by atoms with Gasteiger partial charge in [-0.2, -0.15) is 0 Å². The van der Waals surface area contributed by atoms with Crippen LogP contribution in [0.25, 0.3) is 0 Å². The molecule has 1 aliphatic heterocycles. The van der Waals surface area contributed by atoms with E-state index in [9.17, 15) is 9.59 Å². The normalized spacial score (nSPS) is 23.5. The fourth-order valence-corrected chi connectivity index (χ4v) is 2.94. The van der Waals surface area contributed by atoms with E-state index >= 15 is 0 Å². The van der Waals surface area contributed by atoms with Crippen molar-refractivity contribution >= 4 is 11.9 Å². The first kappa shape index (κ1) is 15.0. The first-order valence-corrected chi connectivity index (χ1v) is 7.43. The van der Waals surface area contributed by atoms with E-state index in [1.165, 1.54) is 0 Å². The lowest BCUT2D eigenvalue weighted by Gasteiger charge is -2.36. The molecule has 5 nitrogen and oxygen atoms in total. The Bertz CT molecular complexity index is 374. The Hall–Kier alpha value is -1.36. The van der Waals surface area contributed by atoms with Crippen molar-refractivity contribution in [2.75, 3.05) is 19.8 Å². The number of hydrogen-bond acceptors (Lipinski definition) is 3. The summed E-state index contributed by atoms with van der Waals surface area (Å²) in [7, 11) is 0. The summed E-state index contributed by atoms with van der Waals surface area (Å²) in [6.07, 6.45) is 8.42. The molecule has 1 N–H and O–H groups in total. The summed E-state index contributed by atoms with van der Waals surface area (Å²) in [4.78, 5) is 25.3. The van der Waals surface area contributed by atoms with Crippen LogP contribution in [0.2, 0.25) is 0 Å². The van der Waals surface area contributed by atoms with E-state index in [-0.39, 0.29) is 24.3 Å². The molecule has 20 heavy (non-hydrogen) atoms. The number of rotatable bonds is 5. The van der Waals surface area contributed by atoms with Gasteiger partial charge in [-0.05, 0) is 32.1 Å². The van der Waals surface area contributed by atoms with Crippen LogP contribution in [-0.2, 0) is 14.3 Å². The third kappa shape index (κ3) is 4.07. The van der Waals surface area contributed by atoms with Gasteiger partial charge in [-0.15, -0.1) is 0 Å². The number of nitrogens with zero attached hydrogens (tertiary/aromatic N) is 1. The van der Waals surface area contributed by atoms with Gasteiger partial charge in [0.2, 0.25) is 5.91 Å². The Morgan fingerprint density at radius 2 is 1.95 bits per heavy atom. The van der Waals surface area contributed by atoms with Crippen molar-refractivity contribution in [2.24, 2.45) is 5.92 Å². The maximum absolute atomic E-state index is 12.7. The van der Waals surface area contributed by atoms with Gasteiger partial charge in [-0.25, -0.2) is 0 Å². The molecule has 1 atom stereocenters. The molecule has 1 unspecified atom stereocenters. The van der Waals surface area contributed by atoms with Gasteiger partial charge in [0.15, 0.2) is 0 Å². The van der Waals surface area contributed by atoms with E-state index in [0.29, 0.717) is 19.8 Å². The highest BCUT2D eigenvalue weighted by molar-refractivity contribution is 5.80. The van der Waals surface area contributed by atoms with E-state index < -0.39 is 5.97 Å². The van der Waals surface area contributed by atoms with Crippen LogP contribution in [0, 0.1) is 5.92 Å². The Balaban J connectivity index is 2.01. The summed E-state index contributed by atoms with van der Waals surface area (Å²) >= 11 is 0. The molecule has 0 aromatic carbocycles. The summed E-state index contributed by atoms with van der Waals surface area (Å²) in [6, 6.07) is 0.140. The summed E-state index contributed by atoms with van der Waals surface area (Å²) in [5.41, 5.74) is 0. The fourth-order valence-electron chi connectivity index (χ4n) is 2.94. The number of carboxylic acids is 1. The average Bonchev–Trinajstić information content (AvgIpc) is 2.49. The van der Waals surface area contributed by atoms with Gasteiger partial charge in [0.05, 0.1) is 6.42 Å². The number of carboxylic acid groups (broad SMARTS) is 1. The van der Waals surface area contributed by atoms with Gasteiger partial charge >= 0.3 is 5.97 Å². The maximum atomic E-state index is 12.7. The molecule has 2 rings (SSSR count).